The smallest absolute Gasteiger partial charge is 0.243 e. The highest BCUT2D eigenvalue weighted by Crippen LogP contribution is 2.34. The largest absolute Gasteiger partial charge is 0.497 e. The number of fused-ring (bicyclic) bond motifs is 1. The maximum absolute atomic E-state index is 13.3. The maximum Gasteiger partial charge on any atom is 0.243 e. The number of nitrogens with one attached hydrogen (secondary N) is 1. The molecule has 5 nitrogen and oxygen atoms in total. The first-order chi connectivity index (χ1) is 14.5. The number of methoxy groups -OCH3 is 1. The van der Waals surface area contributed by atoms with Crippen molar-refractivity contribution in [1.82, 2.24) is 10.2 Å². The van der Waals surface area contributed by atoms with Gasteiger partial charge in [-0.15, -0.1) is 0 Å². The zero-order chi connectivity index (χ0) is 21.1. The maximum atomic E-state index is 13.3. The Labute approximate surface area is 180 Å². The molecule has 1 unspecified atom stereocenters. The van der Waals surface area contributed by atoms with Gasteiger partial charge in [-0.05, 0) is 56.0 Å². The molecule has 0 radical (unpaired) electrons. The van der Waals surface area contributed by atoms with E-state index in [0.717, 1.165) is 38.1 Å². The van der Waals surface area contributed by atoms with E-state index in [1.54, 1.807) is 7.11 Å². The minimum absolute atomic E-state index is 0.155. The fourth-order valence-electron chi connectivity index (χ4n) is 4.66. The molecular formula is C25H33N3O2. The third-order valence-corrected chi connectivity index (χ3v) is 6.51. The minimum atomic E-state index is -0.160. The van der Waals surface area contributed by atoms with Gasteiger partial charge in [0.1, 0.15) is 11.8 Å². The molecule has 1 atom stereocenters. The Balaban J connectivity index is 1.46. The highest BCUT2D eigenvalue weighted by atomic mass is 16.5. The van der Waals surface area contributed by atoms with E-state index in [4.69, 9.17) is 4.74 Å². The zero-order valence-corrected chi connectivity index (χ0v) is 18.3. The summed E-state index contributed by atoms with van der Waals surface area (Å²) < 4.78 is 5.28. The number of likely N-dealkylation sites (tertiary alicyclic amines) is 1. The number of amides is 1. The van der Waals surface area contributed by atoms with Crippen molar-refractivity contribution < 1.29 is 9.53 Å². The molecule has 5 heteroatoms. The number of piperidine rings is 1. The molecule has 1 amide bonds. The van der Waals surface area contributed by atoms with Gasteiger partial charge < -0.3 is 19.9 Å². The number of hydrogen-bond donors (Lipinski definition) is 1. The number of ether oxygens (including phenoxy) is 1. The van der Waals surface area contributed by atoms with Crippen molar-refractivity contribution in [3.8, 4) is 5.75 Å². The van der Waals surface area contributed by atoms with Crippen LogP contribution in [-0.2, 0) is 17.8 Å². The van der Waals surface area contributed by atoms with E-state index >= 15 is 0 Å². The number of hydrogen-bond acceptors (Lipinski definition) is 4. The SMILES string of the molecule is COc1ccc(CN2c3ccccc3CC2C(=O)NC2CCN(C(C)C)CC2)cc1. The lowest BCUT2D eigenvalue weighted by Gasteiger charge is -2.36. The Hall–Kier alpha value is -2.53. The average Bonchev–Trinajstić information content (AvgIpc) is 3.13. The molecule has 2 aromatic rings. The monoisotopic (exact) mass is 407 g/mol. The molecule has 2 aromatic carbocycles. The lowest BCUT2D eigenvalue weighted by Crippen LogP contribution is -2.52. The molecule has 0 aliphatic carbocycles. The number of benzene rings is 2. The van der Waals surface area contributed by atoms with Crippen LogP contribution in [0.25, 0.3) is 0 Å². The van der Waals surface area contributed by atoms with E-state index in [1.807, 2.05) is 12.1 Å². The summed E-state index contributed by atoms with van der Waals surface area (Å²) in [7, 11) is 1.68. The molecule has 1 N–H and O–H groups in total. The molecule has 2 heterocycles. The summed E-state index contributed by atoms with van der Waals surface area (Å²) in [4.78, 5) is 18.1. The summed E-state index contributed by atoms with van der Waals surface area (Å²) >= 11 is 0. The van der Waals surface area contributed by atoms with E-state index in [9.17, 15) is 4.79 Å². The number of nitrogens with zero attached hydrogens (tertiary/aromatic N) is 2. The Morgan fingerprint density at radius 1 is 1.10 bits per heavy atom. The predicted molar refractivity (Wildman–Crippen MR) is 121 cm³/mol. The van der Waals surface area contributed by atoms with Crippen LogP contribution in [0.3, 0.4) is 0 Å². The van der Waals surface area contributed by atoms with Gasteiger partial charge in [-0.2, -0.15) is 0 Å². The van der Waals surface area contributed by atoms with Gasteiger partial charge >= 0.3 is 0 Å². The summed E-state index contributed by atoms with van der Waals surface area (Å²) in [5.41, 5.74) is 3.60. The Morgan fingerprint density at radius 3 is 2.47 bits per heavy atom. The van der Waals surface area contributed by atoms with E-state index in [2.05, 4.69) is 65.4 Å². The Kier molecular flexibility index (Phi) is 6.28. The van der Waals surface area contributed by atoms with Crippen LogP contribution in [0.2, 0.25) is 0 Å². The van der Waals surface area contributed by atoms with Crippen molar-refractivity contribution in [2.45, 2.75) is 57.8 Å². The highest BCUT2D eigenvalue weighted by Gasteiger charge is 2.35. The molecule has 1 saturated heterocycles. The number of carbonyl (C=O) groups is 1. The van der Waals surface area contributed by atoms with Crippen molar-refractivity contribution in [1.29, 1.82) is 0 Å². The molecule has 2 aliphatic rings. The van der Waals surface area contributed by atoms with Gasteiger partial charge in [-0.1, -0.05) is 30.3 Å². The number of rotatable bonds is 6. The molecule has 1 fully saturated rings. The van der Waals surface area contributed by atoms with Gasteiger partial charge in [0.05, 0.1) is 7.11 Å². The highest BCUT2D eigenvalue weighted by molar-refractivity contribution is 5.88. The van der Waals surface area contributed by atoms with Crippen molar-refractivity contribution in [3.63, 3.8) is 0 Å². The summed E-state index contributed by atoms with van der Waals surface area (Å²) in [6.45, 7) is 7.31. The number of para-hydroxylation sites is 1. The quantitative estimate of drug-likeness (QED) is 0.795. The normalized spacial score (nSPS) is 19.7. The Morgan fingerprint density at radius 2 is 1.80 bits per heavy atom. The van der Waals surface area contributed by atoms with Gasteiger partial charge in [0.2, 0.25) is 5.91 Å². The molecular weight excluding hydrogens is 374 g/mol. The molecule has 160 valence electrons. The van der Waals surface area contributed by atoms with Crippen LogP contribution in [0.1, 0.15) is 37.8 Å². The first-order valence-corrected chi connectivity index (χ1v) is 11.1. The zero-order valence-electron chi connectivity index (χ0n) is 18.3. The fourth-order valence-corrected chi connectivity index (χ4v) is 4.66. The van der Waals surface area contributed by atoms with Crippen molar-refractivity contribution in [2.24, 2.45) is 0 Å². The summed E-state index contributed by atoms with van der Waals surface area (Å²) in [5.74, 6) is 1.00. The standard InChI is InChI=1S/C25H33N3O2/c1-18(2)27-14-12-21(13-15-27)26-25(29)24-16-20-6-4-5-7-23(20)28(24)17-19-8-10-22(30-3)11-9-19/h4-11,18,21,24H,12-17H2,1-3H3,(H,26,29). The number of carbonyl (C=O) groups excluding carboxylic acids is 1. The topological polar surface area (TPSA) is 44.8 Å². The summed E-state index contributed by atoms with van der Waals surface area (Å²) in [5, 5.41) is 3.36. The second-order valence-corrected chi connectivity index (χ2v) is 8.74. The van der Waals surface area contributed by atoms with Crippen LogP contribution in [0.15, 0.2) is 48.5 Å². The first-order valence-electron chi connectivity index (χ1n) is 11.1. The van der Waals surface area contributed by atoms with Crippen LogP contribution in [-0.4, -0.2) is 49.1 Å². The van der Waals surface area contributed by atoms with Gasteiger partial charge in [0.25, 0.3) is 0 Å². The molecule has 2 aliphatic heterocycles. The van der Waals surface area contributed by atoms with Gasteiger partial charge in [-0.3, -0.25) is 4.79 Å². The molecule has 4 rings (SSSR count). The van der Waals surface area contributed by atoms with Crippen LogP contribution >= 0.6 is 0 Å². The van der Waals surface area contributed by atoms with Crippen LogP contribution in [0.4, 0.5) is 5.69 Å². The van der Waals surface area contributed by atoms with Crippen LogP contribution < -0.4 is 15.0 Å². The van der Waals surface area contributed by atoms with Gasteiger partial charge in [0.15, 0.2) is 0 Å². The van der Waals surface area contributed by atoms with E-state index in [1.165, 1.54) is 16.8 Å². The van der Waals surface area contributed by atoms with Crippen molar-refractivity contribution >= 4 is 11.6 Å². The van der Waals surface area contributed by atoms with E-state index in [-0.39, 0.29) is 18.0 Å². The van der Waals surface area contributed by atoms with Crippen LogP contribution in [0, 0.1) is 0 Å². The van der Waals surface area contributed by atoms with Gasteiger partial charge in [-0.25, -0.2) is 0 Å². The lowest BCUT2D eigenvalue weighted by atomic mass is 10.0. The third kappa shape index (κ3) is 4.46. The van der Waals surface area contributed by atoms with E-state index in [0.29, 0.717) is 12.6 Å². The Bertz CT molecular complexity index is 857. The molecule has 0 spiro atoms. The average molecular weight is 408 g/mol. The molecule has 0 aromatic heterocycles. The molecule has 0 bridgehead atoms. The third-order valence-electron chi connectivity index (χ3n) is 6.51. The summed E-state index contributed by atoms with van der Waals surface area (Å²) in [6.07, 6.45) is 2.83. The first kappa shape index (κ1) is 20.7. The van der Waals surface area contributed by atoms with Crippen LogP contribution in [0.5, 0.6) is 5.75 Å². The second kappa shape index (κ2) is 9.09. The van der Waals surface area contributed by atoms with Crippen molar-refractivity contribution in [2.75, 3.05) is 25.1 Å². The predicted octanol–water partition coefficient (Wildman–Crippen LogP) is 3.62. The molecule has 30 heavy (non-hydrogen) atoms. The number of anilines is 1. The lowest BCUT2D eigenvalue weighted by molar-refractivity contribution is -0.123. The minimum Gasteiger partial charge on any atom is -0.497 e. The van der Waals surface area contributed by atoms with E-state index < -0.39 is 0 Å². The van der Waals surface area contributed by atoms with Gasteiger partial charge in [0, 0.05) is 43.8 Å². The second-order valence-electron chi connectivity index (χ2n) is 8.74. The summed E-state index contributed by atoms with van der Waals surface area (Å²) in [6, 6.07) is 17.2. The fraction of sp³-hybridized carbons (Fsp3) is 0.480. The van der Waals surface area contributed by atoms with Crippen molar-refractivity contribution in [3.05, 3.63) is 59.7 Å². The molecule has 0 saturated carbocycles.